The zero-order valence-electron chi connectivity index (χ0n) is 10.8. The van der Waals surface area contributed by atoms with E-state index in [1.165, 1.54) is 4.88 Å². The maximum absolute atomic E-state index is 11.9. The van der Waals surface area contributed by atoms with Crippen molar-refractivity contribution in [2.75, 3.05) is 19.6 Å². The molecule has 0 aliphatic carbocycles. The van der Waals surface area contributed by atoms with Gasteiger partial charge in [-0.2, -0.15) is 0 Å². The Morgan fingerprint density at radius 2 is 2.56 bits per heavy atom. The molecule has 18 heavy (non-hydrogen) atoms. The van der Waals surface area contributed by atoms with Crippen molar-refractivity contribution < 1.29 is 4.79 Å². The Morgan fingerprint density at radius 1 is 1.72 bits per heavy atom. The number of carbonyl (C=O) groups excluding carboxylic acids is 1. The second-order valence-corrected chi connectivity index (χ2v) is 5.92. The van der Waals surface area contributed by atoms with E-state index in [9.17, 15) is 4.79 Å². The van der Waals surface area contributed by atoms with E-state index in [4.69, 9.17) is 5.73 Å². The van der Waals surface area contributed by atoms with Gasteiger partial charge in [0, 0.05) is 17.5 Å². The molecular weight excluding hydrogens is 246 g/mol. The quantitative estimate of drug-likeness (QED) is 0.866. The van der Waals surface area contributed by atoms with Crippen molar-refractivity contribution in [2.45, 2.75) is 31.8 Å². The topological polar surface area (TPSA) is 58.4 Å². The lowest BCUT2D eigenvalue weighted by atomic mass is 10.1. The third-order valence-corrected chi connectivity index (χ3v) is 4.31. The molecule has 1 saturated heterocycles. The second-order valence-electron chi connectivity index (χ2n) is 4.94. The molecule has 1 aliphatic rings. The van der Waals surface area contributed by atoms with Crippen molar-refractivity contribution in [3.05, 3.63) is 22.4 Å². The zero-order chi connectivity index (χ0) is 13.0. The number of carbonyl (C=O) groups is 1. The third-order valence-electron chi connectivity index (χ3n) is 3.26. The fourth-order valence-electron chi connectivity index (χ4n) is 2.33. The molecule has 2 heterocycles. The predicted molar refractivity (Wildman–Crippen MR) is 74.5 cm³/mol. The van der Waals surface area contributed by atoms with E-state index >= 15 is 0 Å². The third kappa shape index (κ3) is 3.80. The van der Waals surface area contributed by atoms with Crippen molar-refractivity contribution >= 4 is 17.2 Å². The molecule has 2 rings (SSSR count). The van der Waals surface area contributed by atoms with Gasteiger partial charge < -0.3 is 11.1 Å². The number of nitrogens with zero attached hydrogens (tertiary/aromatic N) is 1. The van der Waals surface area contributed by atoms with Crippen LogP contribution >= 0.6 is 11.3 Å². The fraction of sp³-hybridized carbons (Fsp3) is 0.615. The van der Waals surface area contributed by atoms with Crippen LogP contribution in [0.4, 0.5) is 0 Å². The zero-order valence-corrected chi connectivity index (χ0v) is 11.6. The van der Waals surface area contributed by atoms with Gasteiger partial charge in [-0.25, -0.2) is 0 Å². The van der Waals surface area contributed by atoms with Crippen molar-refractivity contribution in [1.82, 2.24) is 10.2 Å². The number of piperidine rings is 1. The number of thiophene rings is 1. The van der Waals surface area contributed by atoms with Crippen LogP contribution in [0.3, 0.4) is 0 Å². The van der Waals surface area contributed by atoms with E-state index in [2.05, 4.69) is 10.2 Å². The summed E-state index contributed by atoms with van der Waals surface area (Å²) in [5.74, 6) is 0.0880. The first kappa shape index (κ1) is 13.5. The summed E-state index contributed by atoms with van der Waals surface area (Å²) in [4.78, 5) is 15.3. The summed E-state index contributed by atoms with van der Waals surface area (Å²) in [5, 5.41) is 5.06. The van der Waals surface area contributed by atoms with Gasteiger partial charge in [0.1, 0.15) is 0 Å². The molecule has 1 fully saturated rings. The van der Waals surface area contributed by atoms with Crippen LogP contribution in [0.2, 0.25) is 0 Å². The standard InChI is InChI=1S/C13H21N3OS/c1-10(12-5-3-7-18-12)15-13(17)9-16-6-2-4-11(14)8-16/h3,5,7,10-11H,2,4,6,8-9,14H2,1H3,(H,15,17)/t10?,11-/m1/s1. The maximum Gasteiger partial charge on any atom is 0.234 e. The molecule has 2 atom stereocenters. The van der Waals surface area contributed by atoms with Crippen LogP contribution in [-0.2, 0) is 4.79 Å². The average Bonchev–Trinajstić information content (AvgIpc) is 2.81. The second kappa shape index (κ2) is 6.31. The molecule has 0 aromatic carbocycles. The predicted octanol–water partition coefficient (Wildman–Crippen LogP) is 1.35. The highest BCUT2D eigenvalue weighted by molar-refractivity contribution is 7.10. The molecule has 5 heteroatoms. The Bertz CT molecular complexity index is 380. The molecule has 4 nitrogen and oxygen atoms in total. The Labute approximate surface area is 112 Å². The molecule has 100 valence electrons. The number of hydrogen-bond donors (Lipinski definition) is 2. The van der Waals surface area contributed by atoms with E-state index in [0.29, 0.717) is 6.54 Å². The summed E-state index contributed by atoms with van der Waals surface area (Å²) in [6.07, 6.45) is 2.17. The van der Waals surface area contributed by atoms with Gasteiger partial charge in [0.05, 0.1) is 12.6 Å². The van der Waals surface area contributed by atoms with E-state index < -0.39 is 0 Å². The van der Waals surface area contributed by atoms with E-state index in [0.717, 1.165) is 25.9 Å². The Hall–Kier alpha value is -0.910. The maximum atomic E-state index is 11.9. The number of nitrogens with two attached hydrogens (primary N) is 1. The van der Waals surface area contributed by atoms with Gasteiger partial charge in [0.2, 0.25) is 5.91 Å². The van der Waals surface area contributed by atoms with Gasteiger partial charge in [-0.15, -0.1) is 11.3 Å². The highest BCUT2D eigenvalue weighted by atomic mass is 32.1. The van der Waals surface area contributed by atoms with Gasteiger partial charge in [-0.1, -0.05) is 6.07 Å². The van der Waals surface area contributed by atoms with E-state index in [-0.39, 0.29) is 18.0 Å². The number of nitrogens with one attached hydrogen (secondary N) is 1. The van der Waals surface area contributed by atoms with Gasteiger partial charge in [-0.05, 0) is 37.8 Å². The Morgan fingerprint density at radius 3 is 3.22 bits per heavy atom. The average molecular weight is 267 g/mol. The van der Waals surface area contributed by atoms with Crippen molar-refractivity contribution in [3.8, 4) is 0 Å². The summed E-state index contributed by atoms with van der Waals surface area (Å²) in [5.41, 5.74) is 5.91. The molecule has 1 aliphatic heterocycles. The Kier molecular flexibility index (Phi) is 4.74. The van der Waals surface area contributed by atoms with Crippen LogP contribution in [0.25, 0.3) is 0 Å². The molecule has 1 unspecified atom stereocenters. The largest absolute Gasteiger partial charge is 0.348 e. The van der Waals surface area contributed by atoms with Crippen LogP contribution < -0.4 is 11.1 Å². The van der Waals surface area contributed by atoms with Crippen LogP contribution in [-0.4, -0.2) is 36.5 Å². The SMILES string of the molecule is CC(NC(=O)CN1CCC[C@@H](N)C1)c1cccs1. The van der Waals surface area contributed by atoms with Crippen LogP contribution in [0.5, 0.6) is 0 Å². The van der Waals surface area contributed by atoms with E-state index in [1.807, 2.05) is 24.4 Å². The first-order valence-corrected chi connectivity index (χ1v) is 7.34. The fourth-order valence-corrected chi connectivity index (χ4v) is 3.07. The van der Waals surface area contributed by atoms with Gasteiger partial charge in [-0.3, -0.25) is 9.69 Å². The number of hydrogen-bond acceptors (Lipinski definition) is 4. The van der Waals surface area contributed by atoms with E-state index in [1.54, 1.807) is 11.3 Å². The van der Waals surface area contributed by atoms with Crippen LogP contribution in [0, 0.1) is 0 Å². The monoisotopic (exact) mass is 267 g/mol. The van der Waals surface area contributed by atoms with Crippen molar-refractivity contribution in [2.24, 2.45) is 5.73 Å². The molecule has 1 amide bonds. The molecule has 1 aromatic heterocycles. The molecule has 0 bridgehead atoms. The highest BCUT2D eigenvalue weighted by Gasteiger charge is 2.19. The number of likely N-dealkylation sites (tertiary alicyclic amines) is 1. The first-order valence-electron chi connectivity index (χ1n) is 6.46. The summed E-state index contributed by atoms with van der Waals surface area (Å²) < 4.78 is 0. The molecule has 0 radical (unpaired) electrons. The summed E-state index contributed by atoms with van der Waals surface area (Å²) >= 11 is 1.67. The summed E-state index contributed by atoms with van der Waals surface area (Å²) in [6, 6.07) is 4.37. The lowest BCUT2D eigenvalue weighted by Crippen LogP contribution is -2.47. The van der Waals surface area contributed by atoms with Gasteiger partial charge in [0.25, 0.3) is 0 Å². The smallest absolute Gasteiger partial charge is 0.234 e. The summed E-state index contributed by atoms with van der Waals surface area (Å²) in [7, 11) is 0. The van der Waals surface area contributed by atoms with Crippen LogP contribution in [0.15, 0.2) is 17.5 Å². The number of amides is 1. The first-order chi connectivity index (χ1) is 8.65. The normalized spacial score (nSPS) is 22.7. The molecule has 1 aromatic rings. The van der Waals surface area contributed by atoms with Crippen molar-refractivity contribution in [1.29, 1.82) is 0 Å². The minimum atomic E-state index is 0.0880. The summed E-state index contributed by atoms with van der Waals surface area (Å²) in [6.45, 7) is 4.30. The van der Waals surface area contributed by atoms with Crippen molar-refractivity contribution in [3.63, 3.8) is 0 Å². The molecule has 0 spiro atoms. The lowest BCUT2D eigenvalue weighted by molar-refractivity contribution is -0.123. The number of rotatable bonds is 4. The molecular formula is C13H21N3OS. The lowest BCUT2D eigenvalue weighted by Gasteiger charge is -2.30. The van der Waals surface area contributed by atoms with Gasteiger partial charge >= 0.3 is 0 Å². The molecule has 0 saturated carbocycles. The van der Waals surface area contributed by atoms with Gasteiger partial charge in [0.15, 0.2) is 0 Å². The molecule has 3 N–H and O–H groups in total. The minimum Gasteiger partial charge on any atom is -0.348 e. The van der Waals surface area contributed by atoms with Crippen LogP contribution in [0.1, 0.15) is 30.7 Å². The highest BCUT2D eigenvalue weighted by Crippen LogP contribution is 2.18. The minimum absolute atomic E-state index is 0.0880. The Balaban J connectivity index is 1.78.